The van der Waals surface area contributed by atoms with Crippen LogP contribution in [0.1, 0.15) is 25.6 Å². The lowest BCUT2D eigenvalue weighted by atomic mass is 10.1. The van der Waals surface area contributed by atoms with Gasteiger partial charge in [0.1, 0.15) is 0 Å². The van der Waals surface area contributed by atoms with E-state index >= 15 is 0 Å². The fourth-order valence-corrected chi connectivity index (χ4v) is 4.05. The summed E-state index contributed by atoms with van der Waals surface area (Å²) in [6.07, 6.45) is -0.600. The summed E-state index contributed by atoms with van der Waals surface area (Å²) in [4.78, 5) is 18.7. The molecule has 0 radical (unpaired) electrons. The first kappa shape index (κ1) is 17.0. The second kappa shape index (κ2) is 7.05. The van der Waals surface area contributed by atoms with Gasteiger partial charge in [0, 0.05) is 18.1 Å². The number of ether oxygens (including phenoxy) is 1. The maximum atomic E-state index is 12.5. The van der Waals surface area contributed by atoms with Crippen molar-refractivity contribution in [3.63, 3.8) is 0 Å². The molecule has 0 saturated heterocycles. The molecule has 0 spiro atoms. The third-order valence-corrected chi connectivity index (χ3v) is 5.37. The number of aromatic nitrogens is 3. The summed E-state index contributed by atoms with van der Waals surface area (Å²) in [6.45, 7) is 3.56. The van der Waals surface area contributed by atoms with E-state index in [1.165, 1.54) is 18.7 Å². The molecule has 3 aromatic rings. The Kier molecular flexibility index (Phi) is 4.60. The normalized spacial score (nSPS) is 15.6. The Hall–Kier alpha value is -2.45. The Labute approximate surface area is 159 Å². The van der Waals surface area contributed by atoms with Gasteiger partial charge in [-0.15, -0.1) is 10.2 Å². The van der Waals surface area contributed by atoms with Gasteiger partial charge in [-0.2, -0.15) is 16.3 Å². The third-order valence-electron chi connectivity index (χ3n) is 3.95. The number of carbonyl (C=O) groups excluding carboxylic acids is 1. The van der Waals surface area contributed by atoms with Crippen LogP contribution in [0.3, 0.4) is 0 Å². The van der Waals surface area contributed by atoms with Gasteiger partial charge in [0.2, 0.25) is 23.2 Å². The van der Waals surface area contributed by atoms with Crippen molar-refractivity contribution in [2.75, 3.05) is 10.7 Å². The standard InChI is InChI=1S/C18H16N4O2S2/c1-3-26-18-19-16-15(20-21-18)13-6-4-5-7-14(13)22(11(2)23)17(24-16)12-8-9-25-10-12/h4-10,17H,3H2,1-2H3/t17-/m0/s1. The topological polar surface area (TPSA) is 68.2 Å². The first-order valence-corrected chi connectivity index (χ1v) is 10.1. The van der Waals surface area contributed by atoms with E-state index in [1.54, 1.807) is 16.2 Å². The van der Waals surface area contributed by atoms with Crippen LogP contribution < -0.4 is 9.64 Å². The predicted molar refractivity (Wildman–Crippen MR) is 103 cm³/mol. The number of para-hydroxylation sites is 1. The number of benzene rings is 1. The summed E-state index contributed by atoms with van der Waals surface area (Å²) in [6, 6.07) is 9.56. The highest BCUT2D eigenvalue weighted by atomic mass is 32.2. The van der Waals surface area contributed by atoms with E-state index in [2.05, 4.69) is 15.2 Å². The number of hydrogen-bond donors (Lipinski definition) is 0. The van der Waals surface area contributed by atoms with E-state index < -0.39 is 6.23 Å². The molecule has 1 aliphatic rings. The van der Waals surface area contributed by atoms with Crippen LogP contribution in [0.25, 0.3) is 11.3 Å². The molecule has 1 amide bonds. The molecule has 8 heteroatoms. The Morgan fingerprint density at radius 3 is 2.88 bits per heavy atom. The summed E-state index contributed by atoms with van der Waals surface area (Å²) < 4.78 is 6.23. The van der Waals surface area contributed by atoms with Crippen LogP contribution >= 0.6 is 23.1 Å². The number of fused-ring (bicyclic) bond motifs is 3. The molecule has 132 valence electrons. The molecule has 0 fully saturated rings. The van der Waals surface area contributed by atoms with Gasteiger partial charge in [-0.05, 0) is 28.6 Å². The van der Waals surface area contributed by atoms with Gasteiger partial charge in [0.05, 0.1) is 5.69 Å². The number of nitrogens with zero attached hydrogens (tertiary/aromatic N) is 4. The van der Waals surface area contributed by atoms with Crippen LogP contribution in [0.5, 0.6) is 5.88 Å². The Bertz CT molecular complexity index is 946. The van der Waals surface area contributed by atoms with Gasteiger partial charge in [-0.1, -0.05) is 36.9 Å². The molecule has 26 heavy (non-hydrogen) atoms. The lowest BCUT2D eigenvalue weighted by Crippen LogP contribution is -2.35. The maximum Gasteiger partial charge on any atom is 0.247 e. The highest BCUT2D eigenvalue weighted by Gasteiger charge is 2.34. The van der Waals surface area contributed by atoms with Crippen LogP contribution in [0.2, 0.25) is 0 Å². The average molecular weight is 384 g/mol. The van der Waals surface area contributed by atoms with Crippen molar-refractivity contribution in [2.24, 2.45) is 0 Å². The van der Waals surface area contributed by atoms with Crippen molar-refractivity contribution in [3.05, 3.63) is 46.7 Å². The highest BCUT2D eigenvalue weighted by molar-refractivity contribution is 7.99. The van der Waals surface area contributed by atoms with E-state index in [0.29, 0.717) is 16.7 Å². The average Bonchev–Trinajstić information content (AvgIpc) is 3.12. The minimum absolute atomic E-state index is 0.113. The van der Waals surface area contributed by atoms with Gasteiger partial charge in [-0.3, -0.25) is 9.69 Å². The SMILES string of the molecule is CCSc1nnc2c(n1)O[C@@H](c1ccsc1)N(C(C)=O)c1ccccc1-2. The highest BCUT2D eigenvalue weighted by Crippen LogP contribution is 2.43. The maximum absolute atomic E-state index is 12.5. The molecule has 3 heterocycles. The zero-order valence-corrected chi connectivity index (χ0v) is 15.9. The van der Waals surface area contributed by atoms with Crippen molar-refractivity contribution in [3.8, 4) is 17.1 Å². The van der Waals surface area contributed by atoms with Crippen molar-refractivity contribution in [1.29, 1.82) is 0 Å². The Morgan fingerprint density at radius 1 is 1.31 bits per heavy atom. The molecule has 0 N–H and O–H groups in total. The van der Waals surface area contributed by atoms with E-state index in [4.69, 9.17) is 4.74 Å². The second-order valence-electron chi connectivity index (χ2n) is 5.61. The molecule has 1 atom stereocenters. The molecule has 0 saturated carbocycles. The third kappa shape index (κ3) is 2.95. The van der Waals surface area contributed by atoms with E-state index in [1.807, 2.05) is 48.0 Å². The predicted octanol–water partition coefficient (Wildman–Crippen LogP) is 4.16. The molecule has 0 bridgehead atoms. The van der Waals surface area contributed by atoms with Crippen LogP contribution in [0, 0.1) is 0 Å². The van der Waals surface area contributed by atoms with Crippen molar-refractivity contribution >= 4 is 34.7 Å². The number of carbonyl (C=O) groups is 1. The number of thioether (sulfide) groups is 1. The number of hydrogen-bond acceptors (Lipinski definition) is 7. The van der Waals surface area contributed by atoms with Crippen LogP contribution in [0.4, 0.5) is 5.69 Å². The summed E-state index contributed by atoms with van der Waals surface area (Å²) in [7, 11) is 0. The lowest BCUT2D eigenvalue weighted by molar-refractivity contribution is -0.118. The Balaban J connectivity index is 1.94. The zero-order valence-electron chi connectivity index (χ0n) is 14.2. The molecule has 2 aromatic heterocycles. The minimum atomic E-state index is -0.600. The van der Waals surface area contributed by atoms with Gasteiger partial charge < -0.3 is 4.74 Å². The monoisotopic (exact) mass is 384 g/mol. The molecule has 1 aliphatic heterocycles. The molecular formula is C18H16N4O2S2. The zero-order chi connectivity index (χ0) is 18.1. The van der Waals surface area contributed by atoms with Crippen LogP contribution in [-0.4, -0.2) is 26.8 Å². The number of thiophene rings is 1. The van der Waals surface area contributed by atoms with Gasteiger partial charge in [0.15, 0.2) is 5.69 Å². The summed E-state index contributed by atoms with van der Waals surface area (Å²) in [5, 5.41) is 13.1. The molecule has 0 unspecified atom stereocenters. The van der Waals surface area contributed by atoms with Crippen molar-refractivity contribution < 1.29 is 9.53 Å². The second-order valence-corrected chi connectivity index (χ2v) is 7.63. The van der Waals surface area contributed by atoms with Gasteiger partial charge in [0.25, 0.3) is 0 Å². The fourth-order valence-electron chi connectivity index (χ4n) is 2.88. The van der Waals surface area contributed by atoms with Crippen molar-refractivity contribution in [1.82, 2.24) is 15.2 Å². The molecule has 0 aliphatic carbocycles. The smallest absolute Gasteiger partial charge is 0.247 e. The molecule has 4 rings (SSSR count). The van der Waals surface area contributed by atoms with Crippen LogP contribution in [-0.2, 0) is 4.79 Å². The van der Waals surface area contributed by atoms with E-state index in [9.17, 15) is 4.79 Å². The van der Waals surface area contributed by atoms with Gasteiger partial charge in [-0.25, -0.2) is 0 Å². The van der Waals surface area contributed by atoms with Crippen molar-refractivity contribution in [2.45, 2.75) is 25.2 Å². The van der Waals surface area contributed by atoms with Crippen LogP contribution in [0.15, 0.2) is 46.2 Å². The summed E-state index contributed by atoms with van der Waals surface area (Å²) >= 11 is 3.06. The Morgan fingerprint density at radius 2 is 2.15 bits per heavy atom. The summed E-state index contributed by atoms with van der Waals surface area (Å²) in [5.41, 5.74) is 2.96. The first-order valence-electron chi connectivity index (χ1n) is 8.14. The quantitative estimate of drug-likeness (QED) is 0.632. The number of amides is 1. The largest absolute Gasteiger partial charge is 0.447 e. The van der Waals surface area contributed by atoms with Gasteiger partial charge >= 0.3 is 0 Å². The first-order chi connectivity index (χ1) is 12.7. The molecular weight excluding hydrogens is 368 g/mol. The van der Waals surface area contributed by atoms with E-state index in [0.717, 1.165) is 22.6 Å². The molecule has 1 aromatic carbocycles. The van der Waals surface area contributed by atoms with E-state index in [-0.39, 0.29) is 5.91 Å². The number of rotatable bonds is 3. The summed E-state index contributed by atoms with van der Waals surface area (Å²) in [5.74, 6) is 1.12. The fraction of sp³-hybridized carbons (Fsp3) is 0.222. The minimum Gasteiger partial charge on any atom is -0.447 e. The number of anilines is 1. The molecule has 6 nitrogen and oxygen atoms in total. The lowest BCUT2D eigenvalue weighted by Gasteiger charge is -2.29.